The van der Waals surface area contributed by atoms with E-state index in [1.54, 1.807) is 18.3 Å². The van der Waals surface area contributed by atoms with Gasteiger partial charge >= 0.3 is 0 Å². The summed E-state index contributed by atoms with van der Waals surface area (Å²) in [6.07, 6.45) is 3.06. The first-order valence-corrected chi connectivity index (χ1v) is 9.68. The van der Waals surface area contributed by atoms with Gasteiger partial charge in [0.15, 0.2) is 0 Å². The molecule has 0 saturated carbocycles. The van der Waals surface area contributed by atoms with Gasteiger partial charge in [0, 0.05) is 32.4 Å². The first kappa shape index (κ1) is 18.8. The van der Waals surface area contributed by atoms with E-state index in [0.717, 1.165) is 23.9 Å². The van der Waals surface area contributed by atoms with Crippen LogP contribution in [0.1, 0.15) is 41.8 Å². The Morgan fingerprint density at radius 2 is 1.81 bits per heavy atom. The molecule has 3 rings (SSSR count). The lowest BCUT2D eigenvalue weighted by molar-refractivity contribution is 0.0950. The zero-order valence-corrected chi connectivity index (χ0v) is 16.3. The number of carbonyl (C=O) groups excluding carboxylic acids is 1. The lowest BCUT2D eigenvalue weighted by Gasteiger charge is -2.35. The van der Waals surface area contributed by atoms with Crippen LogP contribution in [0, 0.1) is 16.5 Å². The summed E-state index contributed by atoms with van der Waals surface area (Å²) in [6.45, 7) is 8.54. The van der Waals surface area contributed by atoms with Gasteiger partial charge in [-0.2, -0.15) is 0 Å². The van der Waals surface area contributed by atoms with E-state index in [0.29, 0.717) is 16.7 Å². The second-order valence-electron chi connectivity index (χ2n) is 7.55. The molecule has 1 aromatic carbocycles. The molecule has 2 unspecified atom stereocenters. The van der Waals surface area contributed by atoms with E-state index in [4.69, 9.17) is 12.2 Å². The average Bonchev–Trinajstić information content (AvgIpc) is 2.60. The van der Waals surface area contributed by atoms with Crippen molar-refractivity contribution in [2.45, 2.75) is 33.4 Å². The van der Waals surface area contributed by atoms with Crippen LogP contribution in [0.3, 0.4) is 0 Å². The fourth-order valence-corrected chi connectivity index (χ4v) is 4.05. The van der Waals surface area contributed by atoms with Gasteiger partial charge in [-0.05, 0) is 41.5 Å². The molecule has 0 spiro atoms. The van der Waals surface area contributed by atoms with Crippen LogP contribution >= 0.6 is 12.2 Å². The number of pyridine rings is 1. The van der Waals surface area contributed by atoms with Gasteiger partial charge in [0.1, 0.15) is 4.64 Å². The third kappa shape index (κ3) is 5.02. The Balaban J connectivity index is 1.54. The summed E-state index contributed by atoms with van der Waals surface area (Å²) in [5, 5.41) is 2.93. The topological polar surface area (TPSA) is 48.1 Å². The predicted molar refractivity (Wildman–Crippen MR) is 107 cm³/mol. The lowest BCUT2D eigenvalue weighted by atomic mass is 9.91. The van der Waals surface area contributed by atoms with E-state index in [1.165, 1.54) is 25.1 Å². The van der Waals surface area contributed by atoms with Gasteiger partial charge in [-0.15, -0.1) is 0 Å². The molecule has 0 aliphatic carbocycles. The Morgan fingerprint density at radius 1 is 1.15 bits per heavy atom. The Hall–Kier alpha value is -1.98. The predicted octanol–water partition coefficient (Wildman–Crippen LogP) is 4.15. The minimum absolute atomic E-state index is 0.146. The quantitative estimate of drug-likeness (QED) is 0.778. The van der Waals surface area contributed by atoms with E-state index < -0.39 is 0 Å². The van der Waals surface area contributed by atoms with Crippen LogP contribution in [0.2, 0.25) is 0 Å². The van der Waals surface area contributed by atoms with E-state index in [-0.39, 0.29) is 5.91 Å². The number of rotatable bonds is 5. The molecule has 2 atom stereocenters. The Kier molecular flexibility index (Phi) is 6.22. The largest absolute Gasteiger partial charge is 0.352 e. The minimum atomic E-state index is -0.146. The molecular formula is C21H27N3OS. The Bertz CT molecular complexity index is 789. The number of amides is 1. The van der Waals surface area contributed by atoms with Crippen LogP contribution in [-0.4, -0.2) is 28.9 Å². The molecule has 1 aliphatic heterocycles. The summed E-state index contributed by atoms with van der Waals surface area (Å²) in [5.41, 5.74) is 2.92. The Labute approximate surface area is 160 Å². The molecular weight excluding hydrogens is 342 g/mol. The van der Waals surface area contributed by atoms with E-state index in [1.807, 2.05) is 0 Å². The molecule has 1 fully saturated rings. The molecule has 26 heavy (non-hydrogen) atoms. The normalized spacial score (nSPS) is 20.7. The first-order chi connectivity index (χ1) is 12.5. The fourth-order valence-electron chi connectivity index (χ4n) is 3.82. The second-order valence-corrected chi connectivity index (χ2v) is 7.96. The number of benzene rings is 1. The van der Waals surface area contributed by atoms with Crippen LogP contribution in [0.15, 0.2) is 42.6 Å². The number of aromatic nitrogens is 1. The maximum atomic E-state index is 12.2. The first-order valence-electron chi connectivity index (χ1n) is 9.27. The fraction of sp³-hybridized carbons (Fsp3) is 0.429. The van der Waals surface area contributed by atoms with Crippen LogP contribution in [-0.2, 0) is 13.1 Å². The van der Waals surface area contributed by atoms with Crippen LogP contribution < -0.4 is 5.32 Å². The monoisotopic (exact) mass is 369 g/mol. The molecule has 0 radical (unpaired) electrons. The summed E-state index contributed by atoms with van der Waals surface area (Å²) in [4.78, 5) is 17.7. The minimum Gasteiger partial charge on any atom is -0.352 e. The van der Waals surface area contributed by atoms with Gasteiger partial charge in [0.25, 0.3) is 5.91 Å². The van der Waals surface area contributed by atoms with Gasteiger partial charge in [-0.1, -0.05) is 50.3 Å². The highest BCUT2D eigenvalue weighted by molar-refractivity contribution is 7.71. The summed E-state index contributed by atoms with van der Waals surface area (Å²) < 4.78 is 0.463. The van der Waals surface area contributed by atoms with Crippen molar-refractivity contribution in [1.82, 2.24) is 15.2 Å². The van der Waals surface area contributed by atoms with Crippen molar-refractivity contribution in [3.63, 3.8) is 0 Å². The number of hydrogen-bond acceptors (Lipinski definition) is 3. The third-order valence-electron chi connectivity index (χ3n) is 4.89. The van der Waals surface area contributed by atoms with E-state index >= 15 is 0 Å². The molecule has 4 nitrogen and oxygen atoms in total. The SMILES string of the molecule is CC1CC(C)CN(Cc2ccc(CNC(=O)c3ccc[nH]c3=S)cc2)C1. The van der Waals surface area contributed by atoms with Crippen molar-refractivity contribution in [2.75, 3.05) is 13.1 Å². The van der Waals surface area contributed by atoms with Crippen LogP contribution in [0.25, 0.3) is 0 Å². The number of nitrogens with one attached hydrogen (secondary N) is 2. The smallest absolute Gasteiger partial charge is 0.254 e. The van der Waals surface area contributed by atoms with Crippen molar-refractivity contribution in [3.8, 4) is 0 Å². The number of nitrogens with zero attached hydrogens (tertiary/aromatic N) is 1. The number of likely N-dealkylation sites (tertiary alicyclic amines) is 1. The zero-order valence-electron chi connectivity index (χ0n) is 15.5. The molecule has 1 saturated heterocycles. The molecule has 5 heteroatoms. The highest BCUT2D eigenvalue weighted by Crippen LogP contribution is 2.22. The van der Waals surface area contributed by atoms with Crippen molar-refractivity contribution in [3.05, 3.63) is 63.9 Å². The highest BCUT2D eigenvalue weighted by atomic mass is 32.1. The molecule has 1 amide bonds. The second kappa shape index (κ2) is 8.60. The van der Waals surface area contributed by atoms with Crippen molar-refractivity contribution < 1.29 is 4.79 Å². The molecule has 2 aromatic rings. The van der Waals surface area contributed by atoms with Crippen LogP contribution in [0.4, 0.5) is 0 Å². The van der Waals surface area contributed by atoms with Gasteiger partial charge in [-0.25, -0.2) is 0 Å². The summed E-state index contributed by atoms with van der Waals surface area (Å²) in [7, 11) is 0. The van der Waals surface area contributed by atoms with E-state index in [2.05, 4.69) is 53.3 Å². The summed E-state index contributed by atoms with van der Waals surface area (Å²) in [5.74, 6) is 1.41. The van der Waals surface area contributed by atoms with Crippen molar-refractivity contribution in [2.24, 2.45) is 11.8 Å². The average molecular weight is 370 g/mol. The number of hydrogen-bond donors (Lipinski definition) is 2. The maximum absolute atomic E-state index is 12.2. The van der Waals surface area contributed by atoms with Crippen molar-refractivity contribution >= 4 is 18.1 Å². The highest BCUT2D eigenvalue weighted by Gasteiger charge is 2.21. The lowest BCUT2D eigenvalue weighted by Crippen LogP contribution is -2.38. The number of piperidine rings is 1. The van der Waals surface area contributed by atoms with Crippen LogP contribution in [0.5, 0.6) is 0 Å². The van der Waals surface area contributed by atoms with Gasteiger partial charge in [0.05, 0.1) is 5.56 Å². The number of carbonyl (C=O) groups is 1. The zero-order chi connectivity index (χ0) is 18.5. The number of aromatic amines is 1. The molecule has 0 bridgehead atoms. The summed E-state index contributed by atoms with van der Waals surface area (Å²) in [6, 6.07) is 12.0. The van der Waals surface area contributed by atoms with Gasteiger partial charge < -0.3 is 10.3 Å². The maximum Gasteiger partial charge on any atom is 0.254 e. The number of H-pyrrole nitrogens is 1. The van der Waals surface area contributed by atoms with Gasteiger partial charge in [-0.3, -0.25) is 9.69 Å². The molecule has 1 aromatic heterocycles. The van der Waals surface area contributed by atoms with E-state index in [9.17, 15) is 4.79 Å². The molecule has 1 aliphatic rings. The standard InChI is InChI=1S/C21H27N3OS/c1-15-10-16(2)13-24(12-15)14-18-7-5-17(6-8-18)11-23-20(25)19-4-3-9-22-21(19)26/h3-9,15-16H,10-14H2,1-2H3,(H,22,26)(H,23,25). The third-order valence-corrected chi connectivity index (χ3v) is 5.23. The Morgan fingerprint density at radius 3 is 2.46 bits per heavy atom. The van der Waals surface area contributed by atoms with Crippen molar-refractivity contribution in [1.29, 1.82) is 0 Å². The molecule has 138 valence electrons. The molecule has 2 N–H and O–H groups in total. The summed E-state index contributed by atoms with van der Waals surface area (Å²) >= 11 is 5.15. The van der Waals surface area contributed by atoms with Gasteiger partial charge in [0.2, 0.25) is 0 Å². The molecule has 2 heterocycles.